The predicted octanol–water partition coefficient (Wildman–Crippen LogP) is 2.33. The Bertz CT molecular complexity index is 587. The van der Waals surface area contributed by atoms with E-state index in [1.165, 1.54) is 0 Å². The molecule has 0 amide bonds. The molecule has 0 unspecified atom stereocenters. The van der Waals surface area contributed by atoms with E-state index in [1.807, 2.05) is 30.3 Å². The van der Waals surface area contributed by atoms with Crippen LogP contribution in [0.3, 0.4) is 0 Å². The van der Waals surface area contributed by atoms with Crippen LogP contribution in [-0.4, -0.2) is 11.1 Å². The lowest BCUT2D eigenvalue weighted by molar-refractivity contribution is 0.609. The highest BCUT2D eigenvalue weighted by Gasteiger charge is 2.11. The first-order valence-corrected chi connectivity index (χ1v) is 5.89. The molecule has 1 aliphatic rings. The molecule has 86 valence electrons. The van der Waals surface area contributed by atoms with Crippen LogP contribution < -0.4 is 10.9 Å². The Hall–Kier alpha value is -2.03. The normalized spacial score (nSPS) is 13.9. The Morgan fingerprint density at radius 1 is 1.06 bits per heavy atom. The molecule has 2 aromatic rings. The Labute approximate surface area is 99.7 Å². The van der Waals surface area contributed by atoms with Crippen molar-refractivity contribution in [2.45, 2.75) is 13.0 Å². The molecular weight excluding hydrogens is 212 g/mol. The number of fused-ring (bicyclic) bond motifs is 1. The highest BCUT2D eigenvalue weighted by atomic mass is 16.1. The van der Waals surface area contributed by atoms with E-state index in [-0.39, 0.29) is 5.56 Å². The van der Waals surface area contributed by atoms with Crippen molar-refractivity contribution < 1.29 is 0 Å². The average molecular weight is 226 g/mol. The van der Waals surface area contributed by atoms with E-state index in [0.29, 0.717) is 0 Å². The molecule has 0 saturated carbocycles. The second kappa shape index (κ2) is 4.09. The Morgan fingerprint density at radius 2 is 1.88 bits per heavy atom. The van der Waals surface area contributed by atoms with Crippen molar-refractivity contribution in [3.8, 4) is 11.1 Å². The average Bonchev–Trinajstić information content (AvgIpc) is 2.40. The second-order valence-electron chi connectivity index (χ2n) is 4.27. The third-order valence-electron chi connectivity index (χ3n) is 3.10. The number of nitrogens with one attached hydrogen (secondary N) is 1. The van der Waals surface area contributed by atoms with Gasteiger partial charge in [0.05, 0.1) is 0 Å². The molecule has 1 N–H and O–H groups in total. The van der Waals surface area contributed by atoms with Crippen LogP contribution in [0.4, 0.5) is 5.82 Å². The van der Waals surface area contributed by atoms with E-state index in [1.54, 1.807) is 10.6 Å². The molecule has 0 radical (unpaired) electrons. The molecule has 1 aliphatic heterocycles. The largest absolute Gasteiger partial charge is 0.371 e. The number of aromatic nitrogens is 1. The van der Waals surface area contributed by atoms with Gasteiger partial charge in [-0.15, -0.1) is 0 Å². The zero-order chi connectivity index (χ0) is 11.7. The standard InChI is InChI=1S/C14H14N2O/c17-14-10-12(11-5-2-1-3-6-11)9-13-15-7-4-8-16(13)14/h1-3,5-6,9-10,15H,4,7-8H2. The van der Waals surface area contributed by atoms with Gasteiger partial charge in [0.1, 0.15) is 5.82 Å². The Morgan fingerprint density at radius 3 is 2.71 bits per heavy atom. The second-order valence-corrected chi connectivity index (χ2v) is 4.27. The summed E-state index contributed by atoms with van der Waals surface area (Å²) in [6, 6.07) is 13.8. The van der Waals surface area contributed by atoms with Gasteiger partial charge >= 0.3 is 0 Å². The number of benzene rings is 1. The molecule has 0 spiro atoms. The van der Waals surface area contributed by atoms with Crippen LogP contribution in [0.2, 0.25) is 0 Å². The summed E-state index contributed by atoms with van der Waals surface area (Å²) in [5.74, 6) is 0.933. The van der Waals surface area contributed by atoms with Gasteiger partial charge in [-0.2, -0.15) is 0 Å². The molecule has 3 heteroatoms. The monoisotopic (exact) mass is 226 g/mol. The molecule has 2 heterocycles. The number of hydrogen-bond acceptors (Lipinski definition) is 2. The van der Waals surface area contributed by atoms with Gasteiger partial charge in [0.2, 0.25) is 0 Å². The van der Waals surface area contributed by atoms with E-state index in [9.17, 15) is 4.79 Å². The maximum absolute atomic E-state index is 12.0. The van der Waals surface area contributed by atoms with Crippen molar-refractivity contribution in [2.75, 3.05) is 11.9 Å². The molecule has 1 aromatic heterocycles. The minimum atomic E-state index is 0.0774. The third kappa shape index (κ3) is 1.84. The first-order valence-electron chi connectivity index (χ1n) is 5.89. The van der Waals surface area contributed by atoms with Crippen molar-refractivity contribution in [3.63, 3.8) is 0 Å². The maximum Gasteiger partial charge on any atom is 0.252 e. The fourth-order valence-electron chi connectivity index (χ4n) is 2.22. The lowest BCUT2D eigenvalue weighted by Crippen LogP contribution is -2.28. The summed E-state index contributed by atoms with van der Waals surface area (Å²) in [7, 11) is 0. The van der Waals surface area contributed by atoms with Gasteiger partial charge in [-0.3, -0.25) is 9.36 Å². The van der Waals surface area contributed by atoms with Crippen molar-refractivity contribution >= 4 is 5.82 Å². The molecule has 0 atom stereocenters. The van der Waals surface area contributed by atoms with Crippen LogP contribution in [0.25, 0.3) is 11.1 Å². The fraction of sp³-hybridized carbons (Fsp3) is 0.214. The van der Waals surface area contributed by atoms with Crippen molar-refractivity contribution in [3.05, 3.63) is 52.8 Å². The summed E-state index contributed by atoms with van der Waals surface area (Å²) < 4.78 is 1.80. The smallest absolute Gasteiger partial charge is 0.252 e. The summed E-state index contributed by atoms with van der Waals surface area (Å²) in [6.45, 7) is 1.76. The van der Waals surface area contributed by atoms with E-state index < -0.39 is 0 Å². The number of hydrogen-bond donors (Lipinski definition) is 1. The molecular formula is C14H14N2O. The fourth-order valence-corrected chi connectivity index (χ4v) is 2.22. The quantitative estimate of drug-likeness (QED) is 0.809. The number of anilines is 1. The number of nitrogens with zero attached hydrogens (tertiary/aromatic N) is 1. The molecule has 17 heavy (non-hydrogen) atoms. The van der Waals surface area contributed by atoms with Gasteiger partial charge in [0, 0.05) is 19.2 Å². The van der Waals surface area contributed by atoms with Crippen LogP contribution in [0.1, 0.15) is 6.42 Å². The van der Waals surface area contributed by atoms with Gasteiger partial charge in [-0.05, 0) is 23.6 Å². The van der Waals surface area contributed by atoms with Crippen LogP contribution in [0.5, 0.6) is 0 Å². The minimum Gasteiger partial charge on any atom is -0.371 e. The van der Waals surface area contributed by atoms with Crippen molar-refractivity contribution in [1.29, 1.82) is 0 Å². The van der Waals surface area contributed by atoms with E-state index in [2.05, 4.69) is 11.4 Å². The van der Waals surface area contributed by atoms with E-state index in [4.69, 9.17) is 0 Å². The molecule has 0 saturated heterocycles. The predicted molar refractivity (Wildman–Crippen MR) is 69.2 cm³/mol. The summed E-state index contributed by atoms with van der Waals surface area (Å²) in [4.78, 5) is 12.0. The molecule has 0 fully saturated rings. The van der Waals surface area contributed by atoms with E-state index in [0.717, 1.165) is 36.5 Å². The van der Waals surface area contributed by atoms with Gasteiger partial charge < -0.3 is 5.32 Å². The summed E-state index contributed by atoms with van der Waals surface area (Å²) in [5, 5.41) is 3.28. The lowest BCUT2D eigenvalue weighted by Gasteiger charge is -2.20. The Kier molecular flexibility index (Phi) is 2.44. The minimum absolute atomic E-state index is 0.0774. The van der Waals surface area contributed by atoms with Crippen LogP contribution >= 0.6 is 0 Å². The molecule has 0 aliphatic carbocycles. The highest BCUT2D eigenvalue weighted by molar-refractivity contribution is 5.66. The zero-order valence-electron chi connectivity index (χ0n) is 9.52. The van der Waals surface area contributed by atoms with Gasteiger partial charge in [0.15, 0.2) is 0 Å². The summed E-state index contributed by atoms with van der Waals surface area (Å²) >= 11 is 0. The number of pyridine rings is 1. The molecule has 3 rings (SSSR count). The first-order chi connectivity index (χ1) is 8.34. The molecule has 1 aromatic carbocycles. The lowest BCUT2D eigenvalue weighted by atomic mass is 10.1. The molecule has 3 nitrogen and oxygen atoms in total. The highest BCUT2D eigenvalue weighted by Crippen LogP contribution is 2.22. The van der Waals surface area contributed by atoms with Crippen molar-refractivity contribution in [2.24, 2.45) is 0 Å². The van der Waals surface area contributed by atoms with Crippen LogP contribution in [0.15, 0.2) is 47.3 Å². The SMILES string of the molecule is O=c1cc(-c2ccccc2)cc2n1CCCN2. The van der Waals surface area contributed by atoms with Gasteiger partial charge in [-0.25, -0.2) is 0 Å². The maximum atomic E-state index is 12.0. The third-order valence-corrected chi connectivity index (χ3v) is 3.10. The van der Waals surface area contributed by atoms with Gasteiger partial charge in [0.25, 0.3) is 5.56 Å². The molecule has 0 bridgehead atoms. The van der Waals surface area contributed by atoms with E-state index >= 15 is 0 Å². The number of rotatable bonds is 1. The first kappa shape index (κ1) is 10.1. The Balaban J connectivity index is 2.14. The zero-order valence-corrected chi connectivity index (χ0v) is 9.52. The topological polar surface area (TPSA) is 34.0 Å². The summed E-state index contributed by atoms with van der Waals surface area (Å²) in [6.07, 6.45) is 1.01. The summed E-state index contributed by atoms with van der Waals surface area (Å²) in [5.41, 5.74) is 2.14. The van der Waals surface area contributed by atoms with Crippen LogP contribution in [-0.2, 0) is 6.54 Å². The van der Waals surface area contributed by atoms with Gasteiger partial charge in [-0.1, -0.05) is 30.3 Å². The van der Waals surface area contributed by atoms with Crippen LogP contribution in [0, 0.1) is 0 Å². The van der Waals surface area contributed by atoms with Crippen molar-refractivity contribution in [1.82, 2.24) is 4.57 Å².